The number of para-hydroxylation sites is 1. The number of ether oxygens (including phenoxy) is 1. The van der Waals surface area contributed by atoms with E-state index < -0.39 is 17.9 Å². The summed E-state index contributed by atoms with van der Waals surface area (Å²) in [5, 5.41) is 18.7. The van der Waals surface area contributed by atoms with E-state index in [1.807, 2.05) is 103 Å². The predicted octanol–water partition coefficient (Wildman–Crippen LogP) is 8.78. The van der Waals surface area contributed by atoms with Crippen molar-refractivity contribution >= 4 is 39.9 Å². The third-order valence-corrected chi connectivity index (χ3v) is 8.24. The molecule has 6 rings (SSSR count). The number of carboxylic acid groups (broad SMARTS) is 1. The molecule has 1 atom stereocenters. The van der Waals surface area contributed by atoms with Crippen LogP contribution in [0.2, 0.25) is 5.02 Å². The highest BCUT2D eigenvalue weighted by atomic mass is 35.5. The average molecular weight is 641 g/mol. The van der Waals surface area contributed by atoms with E-state index in [0.717, 1.165) is 44.3 Å². The zero-order valence-electron chi connectivity index (χ0n) is 25.5. The molecule has 234 valence electrons. The van der Waals surface area contributed by atoms with Crippen LogP contribution in [0, 0.1) is 0 Å². The summed E-state index contributed by atoms with van der Waals surface area (Å²) in [4.78, 5) is 25.8. The van der Waals surface area contributed by atoms with E-state index in [1.54, 1.807) is 18.2 Å². The zero-order valence-corrected chi connectivity index (χ0v) is 26.3. The maximum atomic E-state index is 13.5. The van der Waals surface area contributed by atoms with Gasteiger partial charge in [-0.1, -0.05) is 127 Å². The molecule has 1 unspecified atom stereocenters. The maximum absolute atomic E-state index is 13.5. The smallest absolute Gasteiger partial charge is 0.326 e. The molecule has 47 heavy (non-hydrogen) atoms. The molecule has 0 radical (unpaired) electrons. The van der Waals surface area contributed by atoms with Crippen molar-refractivity contribution in [2.45, 2.75) is 25.6 Å². The molecule has 0 saturated heterocycles. The standard InChI is InChI=1S/C40H33ClN2O4/c41-32-21-22-36(42-25-31-13-8-12-29-11-4-5-14-33(29)31)35(24-32)39(44)43-37(40(45)46)23-27-17-19-30(20-18-27)34-15-6-7-16-38(34)47-26-28-9-2-1-3-10-28/h1-22,24,37,42H,23,25-26H2,(H,43,44)(H,45,46). The predicted molar refractivity (Wildman–Crippen MR) is 188 cm³/mol. The van der Waals surface area contributed by atoms with Gasteiger partial charge in [0.2, 0.25) is 0 Å². The molecule has 6 aromatic rings. The van der Waals surface area contributed by atoms with Crippen molar-refractivity contribution in [3.05, 3.63) is 167 Å². The Labute approximate surface area is 278 Å². The number of hydrogen-bond acceptors (Lipinski definition) is 4. The third-order valence-electron chi connectivity index (χ3n) is 8.01. The van der Waals surface area contributed by atoms with Gasteiger partial charge in [-0.15, -0.1) is 0 Å². The number of rotatable bonds is 12. The summed E-state index contributed by atoms with van der Waals surface area (Å²) in [6.07, 6.45) is 0.104. The van der Waals surface area contributed by atoms with Crippen LogP contribution in [-0.4, -0.2) is 23.0 Å². The first kappa shape index (κ1) is 31.4. The van der Waals surface area contributed by atoms with Crippen molar-refractivity contribution in [2.75, 3.05) is 5.32 Å². The van der Waals surface area contributed by atoms with Crippen molar-refractivity contribution in [2.24, 2.45) is 0 Å². The summed E-state index contributed by atoms with van der Waals surface area (Å²) in [6, 6.07) is 43.4. The molecule has 0 fully saturated rings. The number of carboxylic acids is 1. The average Bonchev–Trinajstić information content (AvgIpc) is 3.10. The summed E-state index contributed by atoms with van der Waals surface area (Å²) in [5.41, 5.74) is 5.61. The van der Waals surface area contributed by atoms with Crippen molar-refractivity contribution in [1.82, 2.24) is 5.32 Å². The SMILES string of the molecule is O=C(NC(Cc1ccc(-c2ccccc2OCc2ccccc2)cc1)C(=O)O)c1cc(Cl)ccc1NCc1cccc2ccccc12. The highest BCUT2D eigenvalue weighted by molar-refractivity contribution is 6.31. The van der Waals surface area contributed by atoms with Gasteiger partial charge in [-0.25, -0.2) is 4.79 Å². The molecule has 1 amide bonds. The minimum atomic E-state index is -1.15. The Balaban J connectivity index is 1.14. The molecule has 6 nitrogen and oxygen atoms in total. The van der Waals surface area contributed by atoms with E-state index in [0.29, 0.717) is 23.9 Å². The third kappa shape index (κ3) is 7.80. The first-order valence-electron chi connectivity index (χ1n) is 15.3. The van der Waals surface area contributed by atoms with Crippen molar-refractivity contribution in [1.29, 1.82) is 0 Å². The van der Waals surface area contributed by atoms with E-state index >= 15 is 0 Å². The Morgan fingerprint density at radius 3 is 2.28 bits per heavy atom. The van der Waals surface area contributed by atoms with Gasteiger partial charge in [-0.2, -0.15) is 0 Å². The number of carbonyl (C=O) groups excluding carboxylic acids is 1. The number of benzene rings is 6. The number of nitrogens with one attached hydrogen (secondary N) is 2. The molecule has 0 aliphatic carbocycles. The van der Waals surface area contributed by atoms with Gasteiger partial charge in [0.1, 0.15) is 18.4 Å². The van der Waals surface area contributed by atoms with Gasteiger partial charge >= 0.3 is 5.97 Å². The molecule has 0 aliphatic rings. The summed E-state index contributed by atoms with van der Waals surface area (Å²) in [6.45, 7) is 0.918. The number of anilines is 1. The fourth-order valence-corrected chi connectivity index (χ4v) is 5.73. The normalized spacial score (nSPS) is 11.5. The highest BCUT2D eigenvalue weighted by Crippen LogP contribution is 2.31. The van der Waals surface area contributed by atoms with E-state index in [2.05, 4.69) is 28.8 Å². The number of carbonyl (C=O) groups is 2. The molecule has 3 N–H and O–H groups in total. The van der Waals surface area contributed by atoms with E-state index in [4.69, 9.17) is 16.3 Å². The van der Waals surface area contributed by atoms with Gasteiger partial charge in [-0.3, -0.25) is 4.79 Å². The van der Waals surface area contributed by atoms with Gasteiger partial charge < -0.3 is 20.5 Å². The Bertz CT molecular complexity index is 2010. The second-order valence-electron chi connectivity index (χ2n) is 11.2. The van der Waals surface area contributed by atoms with Gasteiger partial charge in [0.15, 0.2) is 0 Å². The van der Waals surface area contributed by atoms with E-state index in [1.165, 1.54) is 0 Å². The lowest BCUT2D eigenvalue weighted by Gasteiger charge is -2.18. The Morgan fingerprint density at radius 2 is 1.47 bits per heavy atom. The second kappa shape index (κ2) is 14.7. The van der Waals surface area contributed by atoms with Crippen LogP contribution in [0.4, 0.5) is 5.69 Å². The lowest BCUT2D eigenvalue weighted by atomic mass is 9.99. The topological polar surface area (TPSA) is 87.7 Å². The Hall–Kier alpha value is -5.59. The lowest BCUT2D eigenvalue weighted by Crippen LogP contribution is -2.42. The number of hydrogen-bond donors (Lipinski definition) is 3. The molecule has 0 aromatic heterocycles. The van der Waals surface area contributed by atoms with Crippen LogP contribution in [0.3, 0.4) is 0 Å². The Kier molecular flexibility index (Phi) is 9.80. The summed E-state index contributed by atoms with van der Waals surface area (Å²) in [7, 11) is 0. The van der Waals surface area contributed by atoms with E-state index in [-0.39, 0.29) is 12.0 Å². The number of aliphatic carboxylic acids is 1. The largest absolute Gasteiger partial charge is 0.488 e. The first-order chi connectivity index (χ1) is 22.9. The van der Waals surface area contributed by atoms with Gasteiger partial charge in [0, 0.05) is 29.2 Å². The fraction of sp³-hybridized carbons (Fsp3) is 0.100. The molecule has 0 saturated carbocycles. The minimum Gasteiger partial charge on any atom is -0.488 e. The molecule has 0 bridgehead atoms. The molecular weight excluding hydrogens is 608 g/mol. The lowest BCUT2D eigenvalue weighted by molar-refractivity contribution is -0.139. The zero-order chi connectivity index (χ0) is 32.6. The van der Waals surface area contributed by atoms with E-state index in [9.17, 15) is 14.7 Å². The molecule has 0 aliphatic heterocycles. The second-order valence-corrected chi connectivity index (χ2v) is 11.7. The van der Waals surface area contributed by atoms with Crippen molar-refractivity contribution in [3.63, 3.8) is 0 Å². The summed E-state index contributed by atoms with van der Waals surface area (Å²) in [5.74, 6) is -0.901. The van der Waals surface area contributed by atoms with Gasteiger partial charge in [0.05, 0.1) is 5.56 Å². The highest BCUT2D eigenvalue weighted by Gasteiger charge is 2.23. The van der Waals surface area contributed by atoms with Crippen LogP contribution in [0.1, 0.15) is 27.0 Å². The maximum Gasteiger partial charge on any atom is 0.326 e. The molecule has 6 aromatic carbocycles. The molecular formula is C40H33ClN2O4. The molecule has 7 heteroatoms. The number of fused-ring (bicyclic) bond motifs is 1. The molecule has 0 spiro atoms. The van der Waals surface area contributed by atoms with Crippen molar-refractivity contribution < 1.29 is 19.4 Å². The van der Waals surface area contributed by atoms with Crippen LogP contribution in [0.25, 0.3) is 21.9 Å². The van der Waals surface area contributed by atoms with Crippen LogP contribution in [-0.2, 0) is 24.4 Å². The quantitative estimate of drug-likeness (QED) is 0.124. The van der Waals surface area contributed by atoms with Gasteiger partial charge in [-0.05, 0) is 57.3 Å². The first-order valence-corrected chi connectivity index (χ1v) is 15.7. The number of halogens is 1. The van der Waals surface area contributed by atoms with Crippen molar-refractivity contribution in [3.8, 4) is 16.9 Å². The monoisotopic (exact) mass is 640 g/mol. The van der Waals surface area contributed by atoms with Crippen LogP contribution in [0.15, 0.2) is 140 Å². The van der Waals surface area contributed by atoms with Crippen LogP contribution >= 0.6 is 11.6 Å². The van der Waals surface area contributed by atoms with Gasteiger partial charge in [0.25, 0.3) is 5.91 Å². The van der Waals surface area contributed by atoms with Crippen LogP contribution < -0.4 is 15.4 Å². The minimum absolute atomic E-state index is 0.104. The molecule has 0 heterocycles. The fourth-order valence-electron chi connectivity index (χ4n) is 5.55. The number of amides is 1. The Morgan fingerprint density at radius 1 is 0.745 bits per heavy atom. The van der Waals surface area contributed by atoms with Crippen LogP contribution in [0.5, 0.6) is 5.75 Å². The summed E-state index contributed by atoms with van der Waals surface area (Å²) < 4.78 is 6.13. The summed E-state index contributed by atoms with van der Waals surface area (Å²) >= 11 is 6.28.